The topological polar surface area (TPSA) is 92.5 Å². The number of halogens is 1. The number of benzene rings is 1. The van der Waals surface area contributed by atoms with Crippen molar-refractivity contribution in [2.75, 3.05) is 11.1 Å². The molecule has 0 fully saturated rings. The smallest absolute Gasteiger partial charge is 0.230 e. The maximum absolute atomic E-state index is 13.2. The molecule has 6 nitrogen and oxygen atoms in total. The highest BCUT2D eigenvalue weighted by Crippen LogP contribution is 2.23. The van der Waals surface area contributed by atoms with E-state index in [1.165, 1.54) is 18.3 Å². The van der Waals surface area contributed by atoms with Crippen molar-refractivity contribution in [1.29, 1.82) is 0 Å². The van der Waals surface area contributed by atoms with E-state index < -0.39 is 0 Å². The Morgan fingerprint density at radius 3 is 3.00 bits per heavy atom. The summed E-state index contributed by atoms with van der Waals surface area (Å²) in [4.78, 5) is 7.98. The van der Waals surface area contributed by atoms with E-state index in [9.17, 15) is 4.39 Å². The molecule has 0 atom stereocenters. The first kappa shape index (κ1) is 10.5. The van der Waals surface area contributed by atoms with E-state index in [0.29, 0.717) is 23.0 Å². The minimum absolute atomic E-state index is 0.313. The minimum atomic E-state index is -0.333. The monoisotopic (exact) mass is 244 g/mol. The highest BCUT2D eigenvalue weighted by molar-refractivity contribution is 5.90. The van der Waals surface area contributed by atoms with E-state index in [1.807, 2.05) is 0 Å². The molecular formula is C11H9FN6. The average molecular weight is 244 g/mol. The van der Waals surface area contributed by atoms with Crippen molar-refractivity contribution in [3.05, 3.63) is 36.3 Å². The molecule has 3 rings (SSSR count). The van der Waals surface area contributed by atoms with Crippen molar-refractivity contribution in [1.82, 2.24) is 20.2 Å². The van der Waals surface area contributed by atoms with Gasteiger partial charge in [0.05, 0.1) is 5.52 Å². The van der Waals surface area contributed by atoms with Crippen LogP contribution in [-0.2, 0) is 0 Å². The number of hydrogen-bond donors (Lipinski definition) is 3. The molecule has 0 unspecified atom stereocenters. The van der Waals surface area contributed by atoms with Gasteiger partial charge in [-0.1, -0.05) is 0 Å². The van der Waals surface area contributed by atoms with Crippen LogP contribution in [0, 0.1) is 5.82 Å². The normalized spacial score (nSPS) is 10.7. The Bertz CT molecular complexity index is 708. The first-order valence-electron chi connectivity index (χ1n) is 5.21. The number of nitrogens with one attached hydrogen (secondary N) is 2. The van der Waals surface area contributed by atoms with Gasteiger partial charge in [0.25, 0.3) is 0 Å². The molecule has 3 aromatic rings. The zero-order chi connectivity index (χ0) is 12.5. The predicted octanol–water partition coefficient (Wildman–Crippen LogP) is 1.82. The number of nitrogens with zero attached hydrogens (tertiary/aromatic N) is 3. The van der Waals surface area contributed by atoms with Gasteiger partial charge in [-0.2, -0.15) is 10.1 Å². The zero-order valence-electron chi connectivity index (χ0n) is 9.18. The standard InChI is InChI=1S/C11H9FN6/c12-6-1-2-8-7(5-6)10(18-17-8)16-11-14-4-3-9(13)15-11/h1-5H,(H4,13,14,15,16,17,18). The van der Waals surface area contributed by atoms with Gasteiger partial charge in [0.2, 0.25) is 5.95 Å². The van der Waals surface area contributed by atoms with Gasteiger partial charge in [0, 0.05) is 11.6 Å². The second kappa shape index (κ2) is 3.95. The highest BCUT2D eigenvalue weighted by Gasteiger charge is 2.08. The molecule has 0 aliphatic heterocycles. The fraction of sp³-hybridized carbons (Fsp3) is 0. The quantitative estimate of drug-likeness (QED) is 0.639. The Balaban J connectivity index is 2.02. The fourth-order valence-electron chi connectivity index (χ4n) is 1.62. The molecule has 0 saturated carbocycles. The Morgan fingerprint density at radius 2 is 2.17 bits per heavy atom. The summed E-state index contributed by atoms with van der Waals surface area (Å²) >= 11 is 0. The van der Waals surface area contributed by atoms with Crippen molar-refractivity contribution < 1.29 is 4.39 Å². The molecule has 0 bridgehead atoms. The van der Waals surface area contributed by atoms with Crippen molar-refractivity contribution in [2.45, 2.75) is 0 Å². The van der Waals surface area contributed by atoms with E-state index >= 15 is 0 Å². The lowest BCUT2D eigenvalue weighted by molar-refractivity contribution is 0.630. The maximum Gasteiger partial charge on any atom is 0.230 e. The van der Waals surface area contributed by atoms with Crippen LogP contribution in [0.2, 0.25) is 0 Å². The number of anilines is 3. The number of hydrogen-bond acceptors (Lipinski definition) is 5. The van der Waals surface area contributed by atoms with Gasteiger partial charge in [-0.15, -0.1) is 0 Å². The molecule has 0 radical (unpaired) electrons. The number of rotatable bonds is 2. The molecule has 2 aromatic heterocycles. The van der Waals surface area contributed by atoms with Crippen LogP contribution in [-0.4, -0.2) is 20.2 Å². The summed E-state index contributed by atoms with van der Waals surface area (Å²) in [6, 6.07) is 5.94. The van der Waals surface area contributed by atoms with Crippen molar-refractivity contribution >= 4 is 28.5 Å². The Labute approximate surface area is 101 Å². The molecule has 7 heteroatoms. The van der Waals surface area contributed by atoms with Gasteiger partial charge >= 0.3 is 0 Å². The third-order valence-electron chi connectivity index (χ3n) is 2.43. The van der Waals surface area contributed by atoms with Crippen molar-refractivity contribution in [3.8, 4) is 0 Å². The van der Waals surface area contributed by atoms with Crippen LogP contribution in [0.5, 0.6) is 0 Å². The van der Waals surface area contributed by atoms with E-state index in [1.54, 1.807) is 12.1 Å². The number of H-pyrrole nitrogens is 1. The molecule has 0 aliphatic carbocycles. The van der Waals surface area contributed by atoms with Gasteiger partial charge in [-0.25, -0.2) is 9.37 Å². The van der Waals surface area contributed by atoms with Gasteiger partial charge in [-0.05, 0) is 24.3 Å². The molecule has 4 N–H and O–H groups in total. The van der Waals surface area contributed by atoms with Crippen LogP contribution >= 0.6 is 0 Å². The Kier molecular flexibility index (Phi) is 2.30. The van der Waals surface area contributed by atoms with Gasteiger partial charge in [0.15, 0.2) is 5.82 Å². The number of aromatic nitrogens is 4. The van der Waals surface area contributed by atoms with E-state index in [-0.39, 0.29) is 5.82 Å². The van der Waals surface area contributed by atoms with Crippen LogP contribution in [0.3, 0.4) is 0 Å². The minimum Gasteiger partial charge on any atom is -0.384 e. The summed E-state index contributed by atoms with van der Waals surface area (Å²) in [5, 5.41) is 10.3. The molecule has 0 saturated heterocycles. The summed E-state index contributed by atoms with van der Waals surface area (Å²) in [5.41, 5.74) is 6.27. The number of aromatic amines is 1. The van der Waals surface area contributed by atoms with Crippen LogP contribution in [0.1, 0.15) is 0 Å². The first-order valence-corrected chi connectivity index (χ1v) is 5.21. The van der Waals surface area contributed by atoms with Gasteiger partial charge in [0.1, 0.15) is 11.6 Å². The summed E-state index contributed by atoms with van der Waals surface area (Å²) in [5.74, 6) is 0.779. The third kappa shape index (κ3) is 1.81. The fourth-order valence-corrected chi connectivity index (χ4v) is 1.62. The number of nitrogens with two attached hydrogens (primary N) is 1. The number of nitrogen functional groups attached to an aromatic ring is 1. The van der Waals surface area contributed by atoms with Crippen LogP contribution in [0.25, 0.3) is 10.9 Å². The van der Waals surface area contributed by atoms with Gasteiger partial charge < -0.3 is 11.1 Å². The lowest BCUT2D eigenvalue weighted by Crippen LogP contribution is -1.99. The van der Waals surface area contributed by atoms with E-state index in [2.05, 4.69) is 25.5 Å². The zero-order valence-corrected chi connectivity index (χ0v) is 9.18. The highest BCUT2D eigenvalue weighted by atomic mass is 19.1. The number of fused-ring (bicyclic) bond motifs is 1. The molecule has 18 heavy (non-hydrogen) atoms. The molecule has 0 spiro atoms. The van der Waals surface area contributed by atoms with Crippen molar-refractivity contribution in [2.24, 2.45) is 0 Å². The largest absolute Gasteiger partial charge is 0.384 e. The molecule has 2 heterocycles. The molecular weight excluding hydrogens is 235 g/mol. The molecule has 0 aliphatic rings. The maximum atomic E-state index is 13.2. The second-order valence-electron chi connectivity index (χ2n) is 3.69. The summed E-state index contributed by atoms with van der Waals surface area (Å²) in [6.45, 7) is 0. The van der Waals surface area contributed by atoms with Crippen LogP contribution < -0.4 is 11.1 Å². The SMILES string of the molecule is Nc1ccnc(Nc2n[nH]c3ccc(F)cc23)n1. The van der Waals surface area contributed by atoms with Crippen LogP contribution in [0.4, 0.5) is 22.0 Å². The average Bonchev–Trinajstić information content (AvgIpc) is 2.72. The summed E-state index contributed by atoms with van der Waals surface area (Å²) < 4.78 is 13.2. The van der Waals surface area contributed by atoms with Gasteiger partial charge in [-0.3, -0.25) is 5.10 Å². The lowest BCUT2D eigenvalue weighted by atomic mass is 10.2. The molecule has 0 amide bonds. The summed E-state index contributed by atoms with van der Waals surface area (Å²) in [6.07, 6.45) is 1.53. The van der Waals surface area contributed by atoms with E-state index in [0.717, 1.165) is 5.52 Å². The van der Waals surface area contributed by atoms with E-state index in [4.69, 9.17) is 5.73 Å². The first-order chi connectivity index (χ1) is 8.72. The van der Waals surface area contributed by atoms with Crippen LogP contribution in [0.15, 0.2) is 30.5 Å². The second-order valence-corrected chi connectivity index (χ2v) is 3.69. The Morgan fingerprint density at radius 1 is 1.28 bits per heavy atom. The Hall–Kier alpha value is -2.70. The predicted molar refractivity (Wildman–Crippen MR) is 65.8 cm³/mol. The summed E-state index contributed by atoms with van der Waals surface area (Å²) in [7, 11) is 0. The lowest BCUT2D eigenvalue weighted by Gasteiger charge is -2.01. The van der Waals surface area contributed by atoms with Crippen molar-refractivity contribution in [3.63, 3.8) is 0 Å². The molecule has 1 aromatic carbocycles. The third-order valence-corrected chi connectivity index (χ3v) is 2.43. The molecule has 90 valence electrons.